The number of anilines is 1. The number of aryl methyl sites for hydroxylation is 1. The number of nitrogens with zero attached hydrogens (tertiary/aromatic N) is 6. The van der Waals surface area contributed by atoms with Crippen molar-refractivity contribution in [2.24, 2.45) is 17.8 Å². The predicted molar refractivity (Wildman–Crippen MR) is 96.5 cm³/mol. The van der Waals surface area contributed by atoms with E-state index in [2.05, 4.69) is 20.4 Å². The van der Waals surface area contributed by atoms with E-state index in [1.54, 1.807) is 33.2 Å². The molecule has 0 spiro atoms. The molecule has 0 radical (unpaired) electrons. The van der Waals surface area contributed by atoms with Crippen molar-refractivity contribution in [3.05, 3.63) is 41.5 Å². The zero-order valence-corrected chi connectivity index (χ0v) is 15.1. The summed E-state index contributed by atoms with van der Waals surface area (Å²) in [6.07, 6.45) is 1.63. The summed E-state index contributed by atoms with van der Waals surface area (Å²) in [5.41, 5.74) is 6.27. The van der Waals surface area contributed by atoms with Crippen LogP contribution in [0.2, 0.25) is 0 Å². The first kappa shape index (κ1) is 18.1. The number of guanidine groups is 1. The van der Waals surface area contributed by atoms with Crippen molar-refractivity contribution in [1.29, 1.82) is 5.26 Å². The smallest absolute Gasteiger partial charge is 0.276 e. The summed E-state index contributed by atoms with van der Waals surface area (Å²) in [6, 6.07) is 6.61. The van der Waals surface area contributed by atoms with E-state index < -0.39 is 11.4 Å². The van der Waals surface area contributed by atoms with E-state index >= 15 is 0 Å². The zero-order valence-electron chi connectivity index (χ0n) is 15.1. The molecule has 1 aliphatic rings. The Balaban J connectivity index is 1.87. The minimum atomic E-state index is -0.923. The number of amides is 2. The van der Waals surface area contributed by atoms with Gasteiger partial charge < -0.3 is 11.1 Å². The first-order chi connectivity index (χ1) is 12.7. The van der Waals surface area contributed by atoms with Crippen LogP contribution >= 0.6 is 0 Å². The fourth-order valence-electron chi connectivity index (χ4n) is 2.74. The maximum Gasteiger partial charge on any atom is 0.276 e. The van der Waals surface area contributed by atoms with E-state index in [9.17, 15) is 9.59 Å². The van der Waals surface area contributed by atoms with Crippen LogP contribution in [0.15, 0.2) is 29.4 Å². The van der Waals surface area contributed by atoms with Crippen LogP contribution in [0.25, 0.3) is 0 Å². The van der Waals surface area contributed by atoms with Crippen molar-refractivity contribution in [3.8, 4) is 6.07 Å². The quantitative estimate of drug-likeness (QED) is 0.801. The lowest BCUT2D eigenvalue weighted by atomic mass is 9.91. The van der Waals surface area contributed by atoms with Gasteiger partial charge in [-0.3, -0.25) is 24.2 Å². The van der Waals surface area contributed by atoms with E-state index in [-0.39, 0.29) is 29.7 Å². The Kier molecular flexibility index (Phi) is 4.37. The lowest BCUT2D eigenvalue weighted by Gasteiger charge is -2.32. The maximum atomic E-state index is 12.4. The fraction of sp³-hybridized carbons (Fsp3) is 0.294. The monoisotopic (exact) mass is 366 g/mol. The summed E-state index contributed by atoms with van der Waals surface area (Å²) in [7, 11) is 3.15. The molecule has 0 saturated heterocycles. The molecule has 10 heteroatoms. The minimum Gasteiger partial charge on any atom is -0.369 e. The largest absolute Gasteiger partial charge is 0.369 e. The number of hydrogen-bond donors (Lipinski definition) is 2. The number of nitrogens with one attached hydrogen (secondary N) is 1. The molecule has 0 bridgehead atoms. The van der Waals surface area contributed by atoms with Crippen molar-refractivity contribution in [2.75, 3.05) is 12.4 Å². The Hall–Kier alpha value is -3.74. The second-order valence-electron chi connectivity index (χ2n) is 6.41. The van der Waals surface area contributed by atoms with Gasteiger partial charge in [0.1, 0.15) is 17.3 Å². The topological polar surface area (TPSA) is 142 Å². The summed E-state index contributed by atoms with van der Waals surface area (Å²) >= 11 is 0. The molecule has 3 N–H and O–H groups in total. The summed E-state index contributed by atoms with van der Waals surface area (Å²) in [4.78, 5) is 34.5. The van der Waals surface area contributed by atoms with Crippen molar-refractivity contribution < 1.29 is 9.59 Å². The Labute approximate surface area is 155 Å². The first-order valence-electron chi connectivity index (χ1n) is 8.07. The van der Waals surface area contributed by atoms with Crippen molar-refractivity contribution in [1.82, 2.24) is 19.7 Å². The lowest BCUT2D eigenvalue weighted by molar-refractivity contribution is -0.128. The van der Waals surface area contributed by atoms with Gasteiger partial charge in [0, 0.05) is 32.0 Å². The van der Waals surface area contributed by atoms with Gasteiger partial charge in [-0.25, -0.2) is 4.99 Å². The van der Waals surface area contributed by atoms with Gasteiger partial charge in [-0.1, -0.05) is 0 Å². The van der Waals surface area contributed by atoms with E-state index in [1.807, 2.05) is 6.07 Å². The standard InChI is InChI=1S/C17H18N8O2/c1-17(8-14(26)24(2)16(19)22-17)13-6-10(4-5-20-13)21-15(27)12-7-11(9-18)25(3)23-12/h4-7H,8H2,1-3H3,(H2,19,22)(H,20,21,27). The molecule has 1 aliphatic heterocycles. The molecule has 0 aliphatic carbocycles. The van der Waals surface area contributed by atoms with Crippen LogP contribution in [0.3, 0.4) is 0 Å². The third-order valence-electron chi connectivity index (χ3n) is 4.37. The van der Waals surface area contributed by atoms with Crippen LogP contribution < -0.4 is 11.1 Å². The molecule has 0 aromatic carbocycles. The number of carbonyl (C=O) groups is 2. The van der Waals surface area contributed by atoms with Crippen LogP contribution in [-0.2, 0) is 17.4 Å². The van der Waals surface area contributed by atoms with Crippen LogP contribution in [0, 0.1) is 11.3 Å². The van der Waals surface area contributed by atoms with Crippen LogP contribution in [0.5, 0.6) is 0 Å². The maximum absolute atomic E-state index is 12.4. The summed E-state index contributed by atoms with van der Waals surface area (Å²) in [5, 5.41) is 15.7. The second-order valence-corrected chi connectivity index (χ2v) is 6.41. The normalized spacial score (nSPS) is 19.4. The van der Waals surface area contributed by atoms with Crippen LogP contribution in [-0.4, -0.2) is 44.5 Å². The predicted octanol–water partition coefficient (Wildman–Crippen LogP) is 0.331. The highest BCUT2D eigenvalue weighted by atomic mass is 16.2. The average molecular weight is 366 g/mol. The highest BCUT2D eigenvalue weighted by molar-refractivity contribution is 6.03. The summed E-state index contributed by atoms with van der Waals surface area (Å²) in [5.74, 6) is -0.516. The number of nitriles is 1. The number of pyridine rings is 1. The average Bonchev–Trinajstić information content (AvgIpc) is 3.01. The molecule has 2 amide bonds. The van der Waals surface area contributed by atoms with E-state index in [1.165, 1.54) is 21.8 Å². The van der Waals surface area contributed by atoms with E-state index in [0.717, 1.165) is 0 Å². The van der Waals surface area contributed by atoms with Crippen molar-refractivity contribution >= 4 is 23.5 Å². The molecule has 0 fully saturated rings. The van der Waals surface area contributed by atoms with Crippen molar-refractivity contribution in [2.45, 2.75) is 18.9 Å². The van der Waals surface area contributed by atoms with Gasteiger partial charge >= 0.3 is 0 Å². The fourth-order valence-corrected chi connectivity index (χ4v) is 2.74. The van der Waals surface area contributed by atoms with E-state index in [4.69, 9.17) is 11.0 Å². The second kappa shape index (κ2) is 6.53. The Morgan fingerprint density at radius 2 is 2.15 bits per heavy atom. The van der Waals surface area contributed by atoms with E-state index in [0.29, 0.717) is 11.4 Å². The lowest BCUT2D eigenvalue weighted by Crippen LogP contribution is -2.47. The molecular weight excluding hydrogens is 348 g/mol. The first-order valence-corrected chi connectivity index (χ1v) is 8.07. The van der Waals surface area contributed by atoms with Crippen molar-refractivity contribution in [3.63, 3.8) is 0 Å². The molecule has 10 nitrogen and oxygen atoms in total. The van der Waals surface area contributed by atoms with Gasteiger partial charge in [0.25, 0.3) is 5.91 Å². The molecule has 3 rings (SSSR count). The van der Waals surface area contributed by atoms with Crippen LogP contribution in [0.4, 0.5) is 5.69 Å². The Morgan fingerprint density at radius 1 is 1.41 bits per heavy atom. The molecule has 3 heterocycles. The Morgan fingerprint density at radius 3 is 2.78 bits per heavy atom. The minimum absolute atomic E-state index is 0.111. The van der Waals surface area contributed by atoms with Gasteiger partial charge in [0.05, 0.1) is 12.1 Å². The molecular formula is C17H18N8O2. The number of rotatable bonds is 3. The van der Waals surface area contributed by atoms with Crippen LogP contribution in [0.1, 0.15) is 35.2 Å². The Bertz CT molecular complexity index is 1000. The molecule has 1 atom stereocenters. The van der Waals surface area contributed by atoms with Gasteiger partial charge in [-0.05, 0) is 19.1 Å². The summed E-state index contributed by atoms with van der Waals surface area (Å²) < 4.78 is 1.33. The SMILES string of the molecule is CN1C(=O)CC(C)(c2cc(NC(=O)c3cc(C#N)n(C)n3)ccn2)N=C1N. The molecule has 0 saturated carbocycles. The number of aromatic nitrogens is 3. The van der Waals surface area contributed by atoms with Gasteiger partial charge in [0.2, 0.25) is 5.91 Å². The number of hydrogen-bond acceptors (Lipinski definition) is 7. The third-order valence-corrected chi connectivity index (χ3v) is 4.37. The summed E-state index contributed by atoms with van der Waals surface area (Å²) in [6.45, 7) is 1.76. The molecule has 1 unspecified atom stereocenters. The number of nitrogens with two attached hydrogens (primary N) is 1. The number of carbonyl (C=O) groups excluding carboxylic acids is 2. The zero-order chi connectivity index (χ0) is 19.8. The highest BCUT2D eigenvalue weighted by Crippen LogP contribution is 2.32. The molecule has 138 valence electrons. The molecule has 2 aromatic rings. The van der Waals surface area contributed by atoms with Gasteiger partial charge in [0.15, 0.2) is 11.7 Å². The highest BCUT2D eigenvalue weighted by Gasteiger charge is 2.37. The van der Waals surface area contributed by atoms with Gasteiger partial charge in [-0.2, -0.15) is 10.4 Å². The molecule has 2 aromatic heterocycles. The number of aliphatic imine (C=N–C) groups is 1. The molecule has 27 heavy (non-hydrogen) atoms. The van der Waals surface area contributed by atoms with Gasteiger partial charge in [-0.15, -0.1) is 0 Å². The third kappa shape index (κ3) is 3.35.